The highest BCUT2D eigenvalue weighted by atomic mass is 32.2. The van der Waals surface area contributed by atoms with E-state index in [2.05, 4.69) is 17.2 Å². The zero-order valence-electron chi connectivity index (χ0n) is 9.64. The molecule has 90 valence electrons. The summed E-state index contributed by atoms with van der Waals surface area (Å²) in [6.45, 7) is 2.37. The molecule has 0 aliphatic carbocycles. The van der Waals surface area contributed by atoms with E-state index in [1.54, 1.807) is 23.4 Å². The first-order valence-corrected chi connectivity index (χ1v) is 6.40. The molecule has 0 aliphatic rings. The van der Waals surface area contributed by atoms with E-state index in [9.17, 15) is 4.79 Å². The van der Waals surface area contributed by atoms with Crippen LogP contribution in [-0.4, -0.2) is 15.5 Å². The van der Waals surface area contributed by atoms with Crippen molar-refractivity contribution in [3.05, 3.63) is 46.2 Å². The third kappa shape index (κ3) is 2.74. The van der Waals surface area contributed by atoms with Crippen molar-refractivity contribution in [2.75, 3.05) is 11.5 Å². The van der Waals surface area contributed by atoms with Crippen LogP contribution in [0.2, 0.25) is 0 Å². The molecule has 1 heterocycles. The van der Waals surface area contributed by atoms with E-state index in [1.165, 1.54) is 4.90 Å². The van der Waals surface area contributed by atoms with Gasteiger partial charge in [0.15, 0.2) is 0 Å². The van der Waals surface area contributed by atoms with Gasteiger partial charge in [0.05, 0.1) is 12.1 Å². The third-order valence-electron chi connectivity index (χ3n) is 2.55. The van der Waals surface area contributed by atoms with E-state index in [4.69, 9.17) is 5.73 Å². The molecular formula is C12H15N3OS. The summed E-state index contributed by atoms with van der Waals surface area (Å²) in [5.74, 6) is 1.29. The molecule has 0 bridgehead atoms. The van der Waals surface area contributed by atoms with Gasteiger partial charge in [-0.2, -0.15) is 0 Å². The zero-order chi connectivity index (χ0) is 12.3. The fraction of sp³-hybridized carbons (Fsp3) is 0.250. The first kappa shape index (κ1) is 11.9. The summed E-state index contributed by atoms with van der Waals surface area (Å²) in [4.78, 5) is 12.9. The van der Waals surface area contributed by atoms with Crippen molar-refractivity contribution in [3.8, 4) is 0 Å². The Balaban J connectivity index is 1.95. The molecule has 1 aromatic carbocycles. The SMILES string of the molecule is Cc1c(N)[nH]n(CCSc2ccccc2)c1=O. The van der Waals surface area contributed by atoms with Gasteiger partial charge in [0, 0.05) is 10.6 Å². The fourth-order valence-corrected chi connectivity index (χ4v) is 2.39. The molecule has 0 fully saturated rings. The van der Waals surface area contributed by atoms with Crippen LogP contribution in [0.3, 0.4) is 0 Å². The maximum absolute atomic E-state index is 11.7. The van der Waals surface area contributed by atoms with Gasteiger partial charge < -0.3 is 5.73 Å². The number of nitrogens with one attached hydrogen (secondary N) is 1. The van der Waals surface area contributed by atoms with Gasteiger partial charge in [-0.3, -0.25) is 14.6 Å². The topological polar surface area (TPSA) is 63.8 Å². The van der Waals surface area contributed by atoms with E-state index >= 15 is 0 Å². The van der Waals surface area contributed by atoms with Crippen molar-refractivity contribution in [3.63, 3.8) is 0 Å². The molecule has 0 radical (unpaired) electrons. The minimum absolute atomic E-state index is 0.0313. The average Bonchev–Trinajstić information content (AvgIpc) is 2.59. The second-order valence-electron chi connectivity index (χ2n) is 3.77. The Kier molecular flexibility index (Phi) is 3.58. The molecule has 2 rings (SSSR count). The number of H-pyrrole nitrogens is 1. The molecule has 0 spiro atoms. The molecule has 4 nitrogen and oxygen atoms in total. The lowest BCUT2D eigenvalue weighted by atomic mass is 10.4. The first-order valence-electron chi connectivity index (χ1n) is 5.41. The number of anilines is 1. The van der Waals surface area contributed by atoms with Crippen molar-refractivity contribution in [1.29, 1.82) is 0 Å². The van der Waals surface area contributed by atoms with E-state index in [0.29, 0.717) is 17.9 Å². The number of aromatic nitrogens is 2. The smallest absolute Gasteiger partial charge is 0.271 e. The number of nitrogens with two attached hydrogens (primary N) is 1. The summed E-state index contributed by atoms with van der Waals surface area (Å²) in [7, 11) is 0. The highest BCUT2D eigenvalue weighted by Gasteiger charge is 2.06. The maximum Gasteiger partial charge on any atom is 0.271 e. The van der Waals surface area contributed by atoms with Gasteiger partial charge in [-0.1, -0.05) is 18.2 Å². The molecule has 0 amide bonds. The molecule has 0 aliphatic heterocycles. The van der Waals surface area contributed by atoms with Crippen molar-refractivity contribution in [2.45, 2.75) is 18.4 Å². The normalized spacial score (nSPS) is 10.6. The Morgan fingerprint density at radius 3 is 2.65 bits per heavy atom. The summed E-state index contributed by atoms with van der Waals surface area (Å²) < 4.78 is 1.56. The lowest BCUT2D eigenvalue weighted by Crippen LogP contribution is -2.19. The number of aromatic amines is 1. The van der Waals surface area contributed by atoms with Crippen LogP contribution in [-0.2, 0) is 6.54 Å². The Morgan fingerprint density at radius 2 is 2.06 bits per heavy atom. The molecular weight excluding hydrogens is 234 g/mol. The van der Waals surface area contributed by atoms with Gasteiger partial charge in [-0.05, 0) is 19.1 Å². The second-order valence-corrected chi connectivity index (χ2v) is 4.94. The summed E-state index contributed by atoms with van der Waals surface area (Å²) in [5, 5.41) is 2.87. The monoisotopic (exact) mass is 249 g/mol. The standard InChI is InChI=1S/C12H15N3OS/c1-9-11(13)14-15(12(9)16)7-8-17-10-5-3-2-4-6-10/h2-6,14H,7-8,13H2,1H3. The summed E-state index contributed by atoms with van der Waals surface area (Å²) in [6.07, 6.45) is 0. The Morgan fingerprint density at radius 1 is 1.35 bits per heavy atom. The van der Waals surface area contributed by atoms with Crippen molar-refractivity contribution in [1.82, 2.24) is 9.78 Å². The van der Waals surface area contributed by atoms with Crippen LogP contribution in [0, 0.1) is 6.92 Å². The summed E-state index contributed by atoms with van der Waals surface area (Å²) in [6, 6.07) is 10.1. The van der Waals surface area contributed by atoms with Crippen LogP contribution in [0.4, 0.5) is 5.82 Å². The van der Waals surface area contributed by atoms with E-state index in [0.717, 1.165) is 5.75 Å². The minimum Gasteiger partial charge on any atom is -0.384 e. The highest BCUT2D eigenvalue weighted by Crippen LogP contribution is 2.16. The number of aryl methyl sites for hydroxylation is 1. The number of hydrogen-bond acceptors (Lipinski definition) is 3. The largest absolute Gasteiger partial charge is 0.384 e. The van der Waals surface area contributed by atoms with Crippen LogP contribution >= 0.6 is 11.8 Å². The zero-order valence-corrected chi connectivity index (χ0v) is 10.5. The number of hydrogen-bond donors (Lipinski definition) is 2. The molecule has 17 heavy (non-hydrogen) atoms. The van der Waals surface area contributed by atoms with Gasteiger partial charge in [-0.15, -0.1) is 11.8 Å². The van der Waals surface area contributed by atoms with Gasteiger partial charge in [-0.25, -0.2) is 0 Å². The molecule has 2 aromatic rings. The van der Waals surface area contributed by atoms with Crippen molar-refractivity contribution >= 4 is 17.6 Å². The van der Waals surface area contributed by atoms with E-state index in [1.807, 2.05) is 18.2 Å². The van der Waals surface area contributed by atoms with Gasteiger partial charge >= 0.3 is 0 Å². The van der Waals surface area contributed by atoms with Crippen LogP contribution in [0.1, 0.15) is 5.56 Å². The molecule has 0 atom stereocenters. The number of nitrogen functional groups attached to an aromatic ring is 1. The third-order valence-corrected chi connectivity index (χ3v) is 3.54. The molecule has 1 aromatic heterocycles. The van der Waals surface area contributed by atoms with Crippen LogP contribution in [0.5, 0.6) is 0 Å². The Labute approximate surface area is 104 Å². The van der Waals surface area contributed by atoms with Crippen LogP contribution in [0.25, 0.3) is 0 Å². The fourth-order valence-electron chi connectivity index (χ4n) is 1.53. The van der Waals surface area contributed by atoms with Gasteiger partial charge in [0.1, 0.15) is 5.82 Å². The lowest BCUT2D eigenvalue weighted by molar-refractivity contribution is 0.646. The number of nitrogens with zero attached hydrogens (tertiary/aromatic N) is 1. The summed E-state index contributed by atoms with van der Waals surface area (Å²) in [5.41, 5.74) is 6.20. The molecule has 3 N–H and O–H groups in total. The number of benzene rings is 1. The maximum atomic E-state index is 11.7. The van der Waals surface area contributed by atoms with Gasteiger partial charge in [0.25, 0.3) is 5.56 Å². The molecule has 0 saturated heterocycles. The second kappa shape index (κ2) is 5.14. The van der Waals surface area contributed by atoms with Gasteiger partial charge in [0.2, 0.25) is 0 Å². The predicted octanol–water partition coefficient (Wildman–Crippen LogP) is 1.86. The molecule has 0 unspecified atom stereocenters. The summed E-state index contributed by atoms with van der Waals surface area (Å²) >= 11 is 1.72. The van der Waals surface area contributed by atoms with E-state index in [-0.39, 0.29) is 5.56 Å². The van der Waals surface area contributed by atoms with Crippen LogP contribution < -0.4 is 11.3 Å². The number of thioether (sulfide) groups is 1. The highest BCUT2D eigenvalue weighted by molar-refractivity contribution is 7.99. The van der Waals surface area contributed by atoms with E-state index < -0.39 is 0 Å². The Hall–Kier alpha value is -1.62. The number of rotatable bonds is 4. The quantitative estimate of drug-likeness (QED) is 0.813. The predicted molar refractivity (Wildman–Crippen MR) is 71.4 cm³/mol. The lowest BCUT2D eigenvalue weighted by Gasteiger charge is -2.02. The first-order chi connectivity index (χ1) is 8.18. The van der Waals surface area contributed by atoms with Crippen molar-refractivity contribution in [2.24, 2.45) is 0 Å². The van der Waals surface area contributed by atoms with Crippen LogP contribution in [0.15, 0.2) is 40.0 Å². The minimum atomic E-state index is -0.0313. The molecule has 5 heteroatoms. The Bertz CT molecular complexity index is 545. The van der Waals surface area contributed by atoms with Crippen molar-refractivity contribution < 1.29 is 0 Å². The average molecular weight is 249 g/mol. The molecule has 0 saturated carbocycles.